The van der Waals surface area contributed by atoms with E-state index in [1.54, 1.807) is 0 Å². The van der Waals surface area contributed by atoms with Gasteiger partial charge >= 0.3 is 5.97 Å². The SMILES string of the molecule is CC1CCc2c(N3CCN(Cc4ccc(N)cc4)CC3)c(F)cc3c(=O)c(C(=O)O)cn1c23. The van der Waals surface area contributed by atoms with Gasteiger partial charge in [-0.25, -0.2) is 9.18 Å². The summed E-state index contributed by atoms with van der Waals surface area (Å²) in [6.07, 6.45) is 2.84. The summed E-state index contributed by atoms with van der Waals surface area (Å²) in [5, 5.41) is 9.62. The van der Waals surface area contributed by atoms with Crippen LogP contribution in [0, 0.1) is 5.82 Å². The quantitative estimate of drug-likeness (QED) is 0.593. The number of hydrogen-bond acceptors (Lipinski definition) is 5. The van der Waals surface area contributed by atoms with Crippen molar-refractivity contribution in [1.82, 2.24) is 9.47 Å². The number of aryl methyl sites for hydroxylation is 1. The van der Waals surface area contributed by atoms with E-state index in [1.807, 2.05) is 35.8 Å². The summed E-state index contributed by atoms with van der Waals surface area (Å²) in [6.45, 7) is 5.76. The van der Waals surface area contributed by atoms with Crippen LogP contribution in [-0.4, -0.2) is 46.7 Å². The molecule has 1 unspecified atom stereocenters. The van der Waals surface area contributed by atoms with E-state index in [1.165, 1.54) is 17.8 Å². The van der Waals surface area contributed by atoms with Crippen molar-refractivity contribution in [3.8, 4) is 0 Å². The average molecular weight is 451 g/mol. The van der Waals surface area contributed by atoms with Gasteiger partial charge in [-0.15, -0.1) is 0 Å². The maximum absolute atomic E-state index is 15.4. The Hall–Kier alpha value is -3.39. The number of benzene rings is 2. The van der Waals surface area contributed by atoms with E-state index in [2.05, 4.69) is 9.80 Å². The number of carboxylic acids is 1. The van der Waals surface area contributed by atoms with Crippen LogP contribution >= 0.6 is 0 Å². The second-order valence-electron chi connectivity index (χ2n) is 9.06. The Morgan fingerprint density at radius 2 is 1.88 bits per heavy atom. The van der Waals surface area contributed by atoms with E-state index in [0.29, 0.717) is 30.7 Å². The van der Waals surface area contributed by atoms with E-state index in [0.717, 1.165) is 37.3 Å². The van der Waals surface area contributed by atoms with Gasteiger partial charge in [0.1, 0.15) is 11.4 Å². The van der Waals surface area contributed by atoms with Crippen molar-refractivity contribution < 1.29 is 14.3 Å². The molecule has 2 aliphatic heterocycles. The zero-order chi connectivity index (χ0) is 23.3. The summed E-state index contributed by atoms with van der Waals surface area (Å²) in [5.74, 6) is -1.74. The minimum Gasteiger partial charge on any atom is -0.477 e. The predicted octanol–water partition coefficient (Wildman–Crippen LogP) is 3.25. The number of pyridine rings is 1. The highest BCUT2D eigenvalue weighted by atomic mass is 19.1. The van der Waals surface area contributed by atoms with Crippen LogP contribution in [0.2, 0.25) is 0 Å². The van der Waals surface area contributed by atoms with Crippen molar-refractivity contribution in [1.29, 1.82) is 0 Å². The third-order valence-corrected chi connectivity index (χ3v) is 6.93. The van der Waals surface area contributed by atoms with Crippen molar-refractivity contribution in [3.05, 3.63) is 69.3 Å². The fourth-order valence-electron chi connectivity index (χ4n) is 5.14. The monoisotopic (exact) mass is 450 g/mol. The average Bonchev–Trinajstić information content (AvgIpc) is 2.79. The molecular weight excluding hydrogens is 423 g/mol. The third kappa shape index (κ3) is 3.74. The lowest BCUT2D eigenvalue weighted by atomic mass is 9.93. The van der Waals surface area contributed by atoms with Crippen molar-refractivity contribution in [2.75, 3.05) is 36.8 Å². The molecule has 0 spiro atoms. The zero-order valence-electron chi connectivity index (χ0n) is 18.6. The number of nitrogens with zero attached hydrogens (tertiary/aromatic N) is 3. The molecule has 5 rings (SSSR count). The molecule has 1 fully saturated rings. The second-order valence-corrected chi connectivity index (χ2v) is 9.06. The highest BCUT2D eigenvalue weighted by molar-refractivity contribution is 5.95. The Morgan fingerprint density at radius 1 is 1.18 bits per heavy atom. The van der Waals surface area contributed by atoms with Gasteiger partial charge in [0.15, 0.2) is 0 Å². The normalized spacial score (nSPS) is 18.6. The molecule has 8 heteroatoms. The number of halogens is 1. The minimum atomic E-state index is -1.29. The lowest BCUT2D eigenvalue weighted by Gasteiger charge is -2.38. The van der Waals surface area contributed by atoms with Gasteiger partial charge in [0.05, 0.1) is 11.2 Å². The first-order chi connectivity index (χ1) is 15.8. The van der Waals surface area contributed by atoms with Crippen molar-refractivity contribution >= 4 is 28.2 Å². The van der Waals surface area contributed by atoms with Crippen LogP contribution in [0.15, 0.2) is 41.3 Å². The maximum atomic E-state index is 15.4. The number of rotatable bonds is 4. The summed E-state index contributed by atoms with van der Waals surface area (Å²) in [5.41, 5.74) is 8.81. The fraction of sp³-hybridized carbons (Fsp3) is 0.360. The molecule has 1 saturated heterocycles. The van der Waals surface area contributed by atoms with Crippen molar-refractivity contribution in [2.24, 2.45) is 0 Å². The molecule has 7 nitrogen and oxygen atoms in total. The second kappa shape index (κ2) is 8.19. The number of carbonyl (C=O) groups is 1. The van der Waals surface area contributed by atoms with E-state index in [-0.39, 0.29) is 17.0 Å². The van der Waals surface area contributed by atoms with Gasteiger partial charge in [0, 0.05) is 61.6 Å². The highest BCUT2D eigenvalue weighted by Crippen LogP contribution is 2.38. The molecule has 2 aliphatic rings. The molecular formula is C25H27FN4O3. The Morgan fingerprint density at radius 3 is 2.55 bits per heavy atom. The molecule has 0 saturated carbocycles. The molecule has 3 N–H and O–H groups in total. The fourth-order valence-corrected chi connectivity index (χ4v) is 5.14. The number of piperazine rings is 1. The molecule has 3 heterocycles. The first kappa shape index (κ1) is 21.5. The van der Waals surface area contributed by atoms with Crippen LogP contribution in [0.25, 0.3) is 10.9 Å². The Balaban J connectivity index is 1.48. The number of aromatic nitrogens is 1. The molecule has 172 valence electrons. The zero-order valence-corrected chi connectivity index (χ0v) is 18.6. The summed E-state index contributed by atoms with van der Waals surface area (Å²) >= 11 is 0. The van der Waals surface area contributed by atoms with Crippen LogP contribution in [-0.2, 0) is 13.0 Å². The maximum Gasteiger partial charge on any atom is 0.341 e. The van der Waals surface area contributed by atoms with Gasteiger partial charge in [-0.05, 0) is 43.5 Å². The standard InChI is InChI=1S/C25H27FN4O3/c1-15-2-7-18-22-19(24(31)20(25(32)33)14-30(15)22)12-21(26)23(18)29-10-8-28(9-11-29)13-16-3-5-17(27)6-4-16/h3-6,12,14-15H,2,7-11,13,27H2,1H3,(H,32,33). The molecule has 0 radical (unpaired) electrons. The van der Waals surface area contributed by atoms with Crippen molar-refractivity contribution in [3.63, 3.8) is 0 Å². The highest BCUT2D eigenvalue weighted by Gasteiger charge is 2.30. The van der Waals surface area contributed by atoms with Crippen molar-refractivity contribution in [2.45, 2.75) is 32.4 Å². The molecule has 1 atom stereocenters. The van der Waals surface area contributed by atoms with E-state index >= 15 is 4.39 Å². The van der Waals surface area contributed by atoms with Crippen LogP contribution in [0.5, 0.6) is 0 Å². The third-order valence-electron chi connectivity index (χ3n) is 6.93. The van der Waals surface area contributed by atoms with Crippen LogP contribution in [0.4, 0.5) is 15.8 Å². The predicted molar refractivity (Wildman–Crippen MR) is 127 cm³/mol. The molecule has 0 bridgehead atoms. The smallest absolute Gasteiger partial charge is 0.341 e. The number of nitrogens with two attached hydrogens (primary N) is 1. The molecule has 1 aromatic heterocycles. The number of hydrogen-bond donors (Lipinski definition) is 2. The molecule has 33 heavy (non-hydrogen) atoms. The van der Waals surface area contributed by atoms with Gasteiger partial charge < -0.3 is 20.3 Å². The molecule has 0 aliphatic carbocycles. The summed E-state index contributed by atoms with van der Waals surface area (Å²) < 4.78 is 17.3. The summed E-state index contributed by atoms with van der Waals surface area (Å²) in [7, 11) is 0. The number of carboxylic acid groups (broad SMARTS) is 1. The van der Waals surface area contributed by atoms with Gasteiger partial charge in [0.2, 0.25) is 5.43 Å². The van der Waals surface area contributed by atoms with Crippen LogP contribution in [0.3, 0.4) is 0 Å². The number of nitrogen functional groups attached to an aromatic ring is 1. The molecule has 2 aromatic carbocycles. The largest absolute Gasteiger partial charge is 0.477 e. The minimum absolute atomic E-state index is 0.0359. The lowest BCUT2D eigenvalue weighted by Crippen LogP contribution is -2.46. The lowest BCUT2D eigenvalue weighted by molar-refractivity contribution is 0.0694. The van der Waals surface area contributed by atoms with Gasteiger partial charge in [-0.1, -0.05) is 12.1 Å². The Bertz CT molecular complexity index is 1290. The van der Waals surface area contributed by atoms with E-state index < -0.39 is 17.2 Å². The number of aromatic carboxylic acids is 1. The van der Waals surface area contributed by atoms with Gasteiger partial charge in [-0.3, -0.25) is 9.69 Å². The van der Waals surface area contributed by atoms with E-state index in [9.17, 15) is 14.7 Å². The Labute approximate surface area is 190 Å². The molecule has 0 amide bonds. The van der Waals surface area contributed by atoms with Gasteiger partial charge in [0.25, 0.3) is 0 Å². The number of anilines is 2. The first-order valence-corrected chi connectivity index (χ1v) is 11.3. The topological polar surface area (TPSA) is 91.8 Å². The van der Waals surface area contributed by atoms with Crippen LogP contribution in [0.1, 0.15) is 40.9 Å². The van der Waals surface area contributed by atoms with Crippen LogP contribution < -0.4 is 16.1 Å². The first-order valence-electron chi connectivity index (χ1n) is 11.3. The molecule has 3 aromatic rings. The Kier molecular flexibility index (Phi) is 5.32. The summed E-state index contributed by atoms with van der Waals surface area (Å²) in [6, 6.07) is 9.13. The summed E-state index contributed by atoms with van der Waals surface area (Å²) in [4.78, 5) is 28.8. The van der Waals surface area contributed by atoms with E-state index in [4.69, 9.17) is 5.73 Å². The van der Waals surface area contributed by atoms with Gasteiger partial charge in [-0.2, -0.15) is 0 Å².